The van der Waals surface area contributed by atoms with E-state index in [1.807, 2.05) is 6.07 Å². The lowest BCUT2D eigenvalue weighted by molar-refractivity contribution is -0.122. The highest BCUT2D eigenvalue weighted by Crippen LogP contribution is 2.36. The molecule has 0 fully saturated rings. The van der Waals surface area contributed by atoms with Crippen LogP contribution in [0, 0.1) is 0 Å². The number of nitrogens with one attached hydrogen (secondary N) is 3. The average molecular weight is 925 g/mol. The van der Waals surface area contributed by atoms with E-state index >= 15 is 0 Å². The molecule has 8 rings (SSSR count). The molecule has 2 amide bonds. The van der Waals surface area contributed by atoms with Crippen LogP contribution < -0.4 is 16.0 Å². The molecule has 0 unspecified atom stereocenters. The second kappa shape index (κ2) is 23.3. The van der Waals surface area contributed by atoms with Gasteiger partial charge in [0.1, 0.15) is 0 Å². The van der Waals surface area contributed by atoms with Crippen LogP contribution in [0.4, 0.5) is 5.69 Å². The highest BCUT2D eigenvalue weighted by molar-refractivity contribution is 8.93. The van der Waals surface area contributed by atoms with Crippen LogP contribution in [0.15, 0.2) is 127 Å². The highest BCUT2D eigenvalue weighted by atomic mass is 79.9. The Bertz CT molecular complexity index is 2770. The molecule has 64 heavy (non-hydrogen) atoms. The van der Waals surface area contributed by atoms with Crippen LogP contribution in [0.2, 0.25) is 0 Å². The van der Waals surface area contributed by atoms with Gasteiger partial charge in [-0.15, -0.1) is 17.0 Å². The first-order chi connectivity index (χ1) is 31.0. The highest BCUT2D eigenvalue weighted by Gasteiger charge is 2.13. The second-order valence-electron chi connectivity index (χ2n) is 16.1. The van der Waals surface area contributed by atoms with Crippen LogP contribution in [0.1, 0.15) is 24.8 Å². The van der Waals surface area contributed by atoms with Gasteiger partial charge in [-0.25, -0.2) is 4.98 Å². The Morgan fingerprint density at radius 3 is 2.00 bits per heavy atom. The van der Waals surface area contributed by atoms with E-state index in [-0.39, 0.29) is 28.8 Å². The van der Waals surface area contributed by atoms with Crippen molar-refractivity contribution in [3.05, 3.63) is 133 Å². The van der Waals surface area contributed by atoms with Crippen molar-refractivity contribution in [3.63, 3.8) is 0 Å². The van der Waals surface area contributed by atoms with E-state index in [1.54, 1.807) is 0 Å². The molecule has 0 aliphatic carbocycles. The number of hydrogen-bond donors (Lipinski definition) is 3. The van der Waals surface area contributed by atoms with Gasteiger partial charge < -0.3 is 35.1 Å². The van der Waals surface area contributed by atoms with Gasteiger partial charge in [0.15, 0.2) is 0 Å². The number of aromatic nitrogens is 1. The van der Waals surface area contributed by atoms with Gasteiger partial charge in [-0.2, -0.15) is 0 Å². The summed E-state index contributed by atoms with van der Waals surface area (Å²) in [6.45, 7) is 6.23. The van der Waals surface area contributed by atoms with Gasteiger partial charge in [0.2, 0.25) is 11.8 Å². The molecular weight excluding hydrogens is 867 g/mol. The van der Waals surface area contributed by atoms with E-state index in [1.165, 1.54) is 37.7 Å². The molecule has 8 aromatic rings. The van der Waals surface area contributed by atoms with Gasteiger partial charge in [-0.05, 0) is 99.8 Å². The van der Waals surface area contributed by atoms with Crippen molar-refractivity contribution in [1.82, 2.24) is 20.5 Å². The number of para-hydroxylation sites is 1. The fourth-order valence-corrected chi connectivity index (χ4v) is 8.32. The molecule has 0 aliphatic rings. The van der Waals surface area contributed by atoms with Crippen molar-refractivity contribution in [3.8, 4) is 11.3 Å². The summed E-state index contributed by atoms with van der Waals surface area (Å²) in [5.41, 5.74) is 5.17. The van der Waals surface area contributed by atoms with Crippen LogP contribution in [0.25, 0.3) is 65.3 Å². The number of halogens is 1. The van der Waals surface area contributed by atoms with E-state index < -0.39 is 0 Å². The van der Waals surface area contributed by atoms with Crippen molar-refractivity contribution in [2.75, 3.05) is 84.7 Å². The van der Waals surface area contributed by atoms with Crippen molar-refractivity contribution in [1.29, 1.82) is 0 Å². The molecule has 3 N–H and O–H groups in total. The zero-order chi connectivity index (χ0) is 43.2. The number of benzene rings is 7. The number of carbonyl (C=O) groups is 2. The Labute approximate surface area is 385 Å². The summed E-state index contributed by atoms with van der Waals surface area (Å²) in [6.07, 6.45) is 2.51. The predicted molar refractivity (Wildman–Crippen MR) is 267 cm³/mol. The molecule has 11 heteroatoms. The Balaban J connectivity index is 0.00000612. The maximum absolute atomic E-state index is 12.8. The van der Waals surface area contributed by atoms with Gasteiger partial charge in [0, 0.05) is 42.7 Å². The minimum absolute atomic E-state index is 0. The topological polar surface area (TPSA) is 114 Å². The summed E-state index contributed by atoms with van der Waals surface area (Å²) < 4.78 is 16.8. The molecular formula is C53H58BrN5O5. The first kappa shape index (κ1) is 46.3. The second-order valence-corrected chi connectivity index (χ2v) is 16.1. The Hall–Kier alpha value is -5.69. The third-order valence-electron chi connectivity index (χ3n) is 11.6. The number of fused-ring (bicyclic) bond motifs is 2. The summed E-state index contributed by atoms with van der Waals surface area (Å²) in [5, 5.41) is 20.4. The molecule has 0 atom stereocenters. The fourth-order valence-electron chi connectivity index (χ4n) is 8.32. The third kappa shape index (κ3) is 12.1. The Morgan fingerprint density at radius 1 is 0.562 bits per heavy atom. The summed E-state index contributed by atoms with van der Waals surface area (Å²) in [5.74, 6) is -0.0332. The van der Waals surface area contributed by atoms with Gasteiger partial charge in [-0.3, -0.25) is 9.59 Å². The van der Waals surface area contributed by atoms with Crippen molar-refractivity contribution in [2.24, 2.45) is 0 Å². The van der Waals surface area contributed by atoms with Crippen molar-refractivity contribution in [2.45, 2.75) is 25.7 Å². The zero-order valence-electron chi connectivity index (χ0n) is 36.6. The number of anilines is 1. The average Bonchev–Trinajstić information content (AvgIpc) is 3.31. The summed E-state index contributed by atoms with van der Waals surface area (Å²) in [7, 11) is 2.13. The molecule has 0 saturated heterocycles. The van der Waals surface area contributed by atoms with Crippen LogP contribution in [-0.2, 0) is 30.2 Å². The zero-order valence-corrected chi connectivity index (χ0v) is 38.3. The largest absolute Gasteiger partial charge is 0.384 e. The molecule has 1 heterocycles. The minimum Gasteiger partial charge on any atom is -0.384 e. The smallest absolute Gasteiger partial charge is 0.224 e. The van der Waals surface area contributed by atoms with Crippen LogP contribution >= 0.6 is 17.0 Å². The van der Waals surface area contributed by atoms with E-state index in [9.17, 15) is 9.59 Å². The SMILES string of the molecule is Br.CN(CCCNC(=O)CCOCCOCCOCCNC(=O)Cc1ccc2ccc3cccc4ccc1c2c34)CCCNc1cc(-c2ccc3ccccc3c2)nc2ccccc12. The van der Waals surface area contributed by atoms with Crippen LogP contribution in [-0.4, -0.2) is 101 Å². The molecule has 332 valence electrons. The lowest BCUT2D eigenvalue weighted by Gasteiger charge is -2.18. The molecule has 0 saturated carbocycles. The number of ether oxygens (including phenoxy) is 3. The number of rotatable bonds is 24. The number of carbonyl (C=O) groups excluding carboxylic acids is 2. The molecule has 7 aromatic carbocycles. The first-order valence-corrected chi connectivity index (χ1v) is 22.2. The van der Waals surface area contributed by atoms with Crippen molar-refractivity contribution < 1.29 is 23.8 Å². The summed E-state index contributed by atoms with van der Waals surface area (Å²) in [4.78, 5) is 32.4. The standard InChI is InChI=1S/C53H57N5O5.BrH/c1-58(27-7-24-54-49-37-48(57-47-14-5-4-13-46(47)49)44-20-15-38-9-2-3-10-42(38)35-44)28-8-25-55-50(59)23-29-61-31-33-63-34-32-62-30-26-56-51(60)36-43-19-18-41-17-16-39-11-6-12-40-21-22-45(43)53(41)52(39)40;/h2-6,9-22,35,37H,7-8,23-34,36H2,1H3,(H,54,57)(H,55,59)(H,56,60);1H. The van der Waals surface area contributed by atoms with Gasteiger partial charge in [-0.1, -0.05) is 109 Å². The van der Waals surface area contributed by atoms with Crippen LogP contribution in [0.5, 0.6) is 0 Å². The molecule has 0 bridgehead atoms. The monoisotopic (exact) mass is 923 g/mol. The van der Waals surface area contributed by atoms with Gasteiger partial charge >= 0.3 is 0 Å². The fraction of sp³-hybridized carbons (Fsp3) is 0.302. The quantitative estimate of drug-likeness (QED) is 0.0406. The molecule has 0 spiro atoms. The van der Waals surface area contributed by atoms with Gasteiger partial charge in [0.25, 0.3) is 0 Å². The van der Waals surface area contributed by atoms with Crippen LogP contribution in [0.3, 0.4) is 0 Å². The number of pyridine rings is 1. The lowest BCUT2D eigenvalue weighted by Crippen LogP contribution is -2.29. The Kier molecular flexibility index (Phi) is 16.9. The van der Waals surface area contributed by atoms with Gasteiger partial charge in [0.05, 0.1) is 57.3 Å². The summed E-state index contributed by atoms with van der Waals surface area (Å²) in [6, 6.07) is 44.5. The molecule has 1 aromatic heterocycles. The van der Waals surface area contributed by atoms with E-state index in [2.05, 4.69) is 149 Å². The van der Waals surface area contributed by atoms with E-state index in [0.29, 0.717) is 65.6 Å². The minimum atomic E-state index is -0.0256. The molecule has 0 aliphatic heterocycles. The number of hydrogen-bond acceptors (Lipinski definition) is 8. The van der Waals surface area contributed by atoms with E-state index in [4.69, 9.17) is 19.2 Å². The number of amides is 2. The lowest BCUT2D eigenvalue weighted by atomic mass is 9.91. The normalized spacial score (nSPS) is 11.5. The number of nitrogens with zero attached hydrogens (tertiary/aromatic N) is 2. The predicted octanol–water partition coefficient (Wildman–Crippen LogP) is 9.57. The van der Waals surface area contributed by atoms with E-state index in [0.717, 1.165) is 71.3 Å². The first-order valence-electron chi connectivity index (χ1n) is 22.2. The summed E-state index contributed by atoms with van der Waals surface area (Å²) >= 11 is 0. The molecule has 0 radical (unpaired) electrons. The third-order valence-corrected chi connectivity index (χ3v) is 11.6. The maximum atomic E-state index is 12.8. The Morgan fingerprint density at radius 2 is 1.19 bits per heavy atom. The molecule has 10 nitrogen and oxygen atoms in total. The maximum Gasteiger partial charge on any atom is 0.224 e. The van der Waals surface area contributed by atoms with Crippen molar-refractivity contribution >= 4 is 88.5 Å².